The zero-order valence-corrected chi connectivity index (χ0v) is 29.0. The Balaban J connectivity index is 1.03. The number of furan rings is 1. The fraction of sp³-hybridized carbons (Fsp3) is 0.0435. The summed E-state index contributed by atoms with van der Waals surface area (Å²) in [4.78, 5) is 0. The van der Waals surface area contributed by atoms with Gasteiger partial charge in [-0.2, -0.15) is 0 Å². The molecular formula is C46H30N2OS2. The van der Waals surface area contributed by atoms with Crippen LogP contribution in [0, 0.1) is 0 Å². The maximum absolute atomic E-state index is 6.16. The first kappa shape index (κ1) is 29.1. The van der Waals surface area contributed by atoms with E-state index >= 15 is 0 Å². The molecule has 0 saturated carbocycles. The first-order valence-corrected chi connectivity index (χ1v) is 19.0. The van der Waals surface area contributed by atoms with E-state index in [9.17, 15) is 0 Å². The van der Waals surface area contributed by atoms with Crippen LogP contribution in [0.5, 0.6) is 0 Å². The summed E-state index contributed by atoms with van der Waals surface area (Å²) in [6.07, 6.45) is 2.24. The number of rotatable bonds is 4. The maximum atomic E-state index is 6.16. The Labute approximate surface area is 302 Å². The quantitative estimate of drug-likeness (QED) is 0.193. The highest BCUT2D eigenvalue weighted by Crippen LogP contribution is 2.46. The van der Waals surface area contributed by atoms with Gasteiger partial charge in [-0.3, -0.25) is 5.32 Å². The molecule has 0 aliphatic carbocycles. The molecule has 0 radical (unpaired) electrons. The molecule has 5 heteroatoms. The molecular weight excluding hydrogens is 661 g/mol. The summed E-state index contributed by atoms with van der Waals surface area (Å²) in [5.74, 6) is 0. The fourth-order valence-electron chi connectivity index (χ4n) is 7.95. The molecule has 0 bridgehead atoms. The third-order valence-electron chi connectivity index (χ3n) is 10.4. The van der Waals surface area contributed by atoms with Crippen molar-refractivity contribution in [2.24, 2.45) is 0 Å². The number of benzene rings is 7. The van der Waals surface area contributed by atoms with Gasteiger partial charge in [-0.15, -0.1) is 22.7 Å². The monoisotopic (exact) mass is 690 g/mol. The molecule has 7 aromatic carbocycles. The van der Waals surface area contributed by atoms with Crippen molar-refractivity contribution < 1.29 is 4.42 Å². The molecule has 242 valence electrons. The van der Waals surface area contributed by atoms with Crippen LogP contribution in [0.2, 0.25) is 0 Å². The average Bonchev–Trinajstić information content (AvgIpc) is 3.88. The molecule has 51 heavy (non-hydrogen) atoms. The smallest absolute Gasteiger partial charge is 0.135 e. The van der Waals surface area contributed by atoms with E-state index in [-0.39, 0.29) is 12.2 Å². The summed E-state index contributed by atoms with van der Waals surface area (Å²) in [6.45, 7) is 0. The minimum absolute atomic E-state index is 0.00428. The van der Waals surface area contributed by atoms with Gasteiger partial charge >= 0.3 is 0 Å². The van der Waals surface area contributed by atoms with Crippen LogP contribution < -0.4 is 10.6 Å². The molecule has 0 amide bonds. The molecule has 0 fully saturated rings. The third-order valence-corrected chi connectivity index (χ3v) is 12.7. The number of hydrogen-bond donors (Lipinski definition) is 2. The van der Waals surface area contributed by atoms with Crippen molar-refractivity contribution >= 4 is 90.7 Å². The van der Waals surface area contributed by atoms with Gasteiger partial charge in [0.05, 0.1) is 6.04 Å². The van der Waals surface area contributed by atoms with Crippen molar-refractivity contribution in [3.8, 4) is 11.1 Å². The topological polar surface area (TPSA) is 37.2 Å². The molecule has 2 N–H and O–H groups in total. The summed E-state index contributed by atoms with van der Waals surface area (Å²) < 4.78 is 11.5. The standard InChI is InChI=1S/C46H30N2OS2/c1-2-10-27(11-3-1)37-26-38(48-46(47-37)29-21-23-40-36(24-29)30-12-4-6-17-39(30)49-40)28-20-22-35-43(25-28)50-42-19-9-14-32(44(35)42)34-16-8-15-33-31-13-5-7-18-41(31)51-45(33)34/h1-26,38,46-48H. The van der Waals surface area contributed by atoms with Crippen LogP contribution in [0.3, 0.4) is 0 Å². The average molecular weight is 691 g/mol. The lowest BCUT2D eigenvalue weighted by Gasteiger charge is -2.33. The number of fused-ring (bicyclic) bond motifs is 9. The molecule has 2 atom stereocenters. The van der Waals surface area contributed by atoms with Gasteiger partial charge in [0, 0.05) is 62.4 Å². The highest BCUT2D eigenvalue weighted by molar-refractivity contribution is 7.26. The van der Waals surface area contributed by atoms with E-state index in [2.05, 4.69) is 156 Å². The van der Waals surface area contributed by atoms with Gasteiger partial charge in [0.1, 0.15) is 17.3 Å². The van der Waals surface area contributed by atoms with Gasteiger partial charge in [-0.1, -0.05) is 115 Å². The first-order chi connectivity index (χ1) is 25.2. The number of hydrogen-bond acceptors (Lipinski definition) is 5. The summed E-state index contributed by atoms with van der Waals surface area (Å²) in [5, 5.41) is 15.4. The van der Waals surface area contributed by atoms with E-state index < -0.39 is 0 Å². The molecule has 10 aromatic rings. The lowest BCUT2D eigenvalue weighted by atomic mass is 9.95. The van der Waals surface area contributed by atoms with Gasteiger partial charge in [-0.05, 0) is 64.7 Å². The summed E-state index contributed by atoms with van der Waals surface area (Å²) >= 11 is 3.78. The van der Waals surface area contributed by atoms with Crippen molar-refractivity contribution in [3.63, 3.8) is 0 Å². The Morgan fingerprint density at radius 1 is 0.490 bits per heavy atom. The van der Waals surface area contributed by atoms with Crippen LogP contribution in [0.25, 0.3) is 79.1 Å². The predicted molar refractivity (Wildman–Crippen MR) is 218 cm³/mol. The maximum Gasteiger partial charge on any atom is 0.135 e. The van der Waals surface area contributed by atoms with E-state index in [1.807, 2.05) is 34.8 Å². The van der Waals surface area contributed by atoms with Gasteiger partial charge in [0.15, 0.2) is 0 Å². The van der Waals surface area contributed by atoms with Crippen molar-refractivity contribution in [1.82, 2.24) is 10.6 Å². The first-order valence-electron chi connectivity index (χ1n) is 17.3. The van der Waals surface area contributed by atoms with Crippen LogP contribution in [-0.4, -0.2) is 0 Å². The van der Waals surface area contributed by atoms with Crippen molar-refractivity contribution in [2.75, 3.05) is 0 Å². The third kappa shape index (κ3) is 4.66. The van der Waals surface area contributed by atoms with Crippen LogP contribution in [0.1, 0.15) is 28.9 Å². The summed E-state index contributed by atoms with van der Waals surface area (Å²) in [6, 6.07) is 54.9. The molecule has 11 rings (SSSR count). The highest BCUT2D eigenvalue weighted by atomic mass is 32.1. The SMILES string of the molecule is C1=C(c2ccccc2)NC(c2ccc3oc4ccccc4c3c2)NC1c1ccc2c(c1)sc1cccc(-c3cccc4c3sc3ccccc34)c12. The lowest BCUT2D eigenvalue weighted by molar-refractivity contribution is 0.443. The molecule has 1 aliphatic rings. The molecule has 2 unspecified atom stereocenters. The van der Waals surface area contributed by atoms with E-state index in [4.69, 9.17) is 4.42 Å². The minimum atomic E-state index is -0.0974. The number of nitrogens with one attached hydrogen (secondary N) is 2. The van der Waals surface area contributed by atoms with E-state index in [0.29, 0.717) is 0 Å². The second kappa shape index (κ2) is 11.4. The summed E-state index contributed by atoms with van der Waals surface area (Å²) in [5.41, 5.74) is 9.14. The zero-order valence-electron chi connectivity index (χ0n) is 27.4. The van der Waals surface area contributed by atoms with E-state index in [1.165, 1.54) is 68.2 Å². The van der Waals surface area contributed by atoms with Crippen molar-refractivity contribution in [1.29, 1.82) is 0 Å². The zero-order chi connectivity index (χ0) is 33.5. The fourth-order valence-corrected chi connectivity index (χ4v) is 10.4. The largest absolute Gasteiger partial charge is 0.456 e. The second-order valence-corrected chi connectivity index (χ2v) is 15.5. The van der Waals surface area contributed by atoms with Crippen LogP contribution in [0.15, 0.2) is 162 Å². The normalized spacial score (nSPS) is 16.4. The molecule has 3 aromatic heterocycles. The molecule has 1 aliphatic heterocycles. The number of thiophene rings is 2. The molecule has 0 spiro atoms. The van der Waals surface area contributed by atoms with Crippen LogP contribution >= 0.6 is 22.7 Å². The second-order valence-electron chi connectivity index (χ2n) is 13.3. The molecule has 3 nitrogen and oxygen atoms in total. The van der Waals surface area contributed by atoms with Crippen molar-refractivity contribution in [3.05, 3.63) is 174 Å². The predicted octanol–water partition coefficient (Wildman–Crippen LogP) is 13.0. The highest BCUT2D eigenvalue weighted by Gasteiger charge is 2.26. The van der Waals surface area contributed by atoms with E-state index in [1.54, 1.807) is 0 Å². The minimum Gasteiger partial charge on any atom is -0.456 e. The van der Waals surface area contributed by atoms with Gasteiger partial charge < -0.3 is 9.73 Å². The Kier molecular flexibility index (Phi) is 6.50. The summed E-state index contributed by atoms with van der Waals surface area (Å²) in [7, 11) is 0. The Morgan fingerprint density at radius 2 is 1.24 bits per heavy atom. The van der Waals surface area contributed by atoms with E-state index in [0.717, 1.165) is 27.6 Å². The number of para-hydroxylation sites is 1. The van der Waals surface area contributed by atoms with Crippen molar-refractivity contribution in [2.45, 2.75) is 12.2 Å². The Bertz CT molecular complexity index is 3000. The lowest BCUT2D eigenvalue weighted by Crippen LogP contribution is -2.39. The van der Waals surface area contributed by atoms with Gasteiger partial charge in [0.25, 0.3) is 0 Å². The Hall–Kier alpha value is -5.72. The molecule has 0 saturated heterocycles. The van der Waals surface area contributed by atoms with Crippen LogP contribution in [0.4, 0.5) is 0 Å². The van der Waals surface area contributed by atoms with Crippen LogP contribution in [-0.2, 0) is 0 Å². The Morgan fingerprint density at radius 3 is 2.18 bits per heavy atom. The van der Waals surface area contributed by atoms with Gasteiger partial charge in [0.2, 0.25) is 0 Å². The molecule has 4 heterocycles. The van der Waals surface area contributed by atoms with Gasteiger partial charge in [-0.25, -0.2) is 0 Å².